The van der Waals surface area contributed by atoms with Crippen molar-refractivity contribution in [3.8, 4) is 0 Å². The highest BCUT2D eigenvalue weighted by molar-refractivity contribution is 7.27. The van der Waals surface area contributed by atoms with Crippen LogP contribution in [0.2, 0.25) is 5.15 Å². The molecule has 0 bridgehead atoms. The Hall–Kier alpha value is -1.43. The van der Waals surface area contributed by atoms with E-state index in [2.05, 4.69) is 10.3 Å². The zero-order valence-corrected chi connectivity index (χ0v) is 12.3. The summed E-state index contributed by atoms with van der Waals surface area (Å²) < 4.78 is 2.28. The Morgan fingerprint density at radius 2 is 2.21 bits per heavy atom. The normalized spacial score (nSPS) is 10.8. The molecule has 0 fully saturated rings. The van der Waals surface area contributed by atoms with Crippen LogP contribution >= 0.6 is 34.3 Å². The fourth-order valence-electron chi connectivity index (χ4n) is 1.70. The number of anilines is 1. The van der Waals surface area contributed by atoms with Gasteiger partial charge in [-0.1, -0.05) is 11.6 Å². The Bertz CT molecular complexity index is 734. The molecule has 3 nitrogen and oxygen atoms in total. The number of nitrogens with zero attached hydrogens (tertiary/aromatic N) is 1. The van der Waals surface area contributed by atoms with Gasteiger partial charge in [-0.05, 0) is 36.1 Å². The second kappa shape index (κ2) is 4.92. The molecule has 0 unspecified atom stereocenters. The number of aryl methyl sites for hydroxylation is 1. The van der Waals surface area contributed by atoms with Gasteiger partial charge in [0.25, 0.3) is 5.91 Å². The SMILES string of the molecule is Cc1cc(NC(=O)c2cc3sccc3s2)cnc1Cl. The van der Waals surface area contributed by atoms with Crippen molar-refractivity contribution in [3.63, 3.8) is 0 Å². The summed E-state index contributed by atoms with van der Waals surface area (Å²) in [5.74, 6) is -0.114. The quantitative estimate of drug-likeness (QED) is 0.704. The van der Waals surface area contributed by atoms with E-state index in [1.165, 1.54) is 11.3 Å². The molecule has 0 radical (unpaired) electrons. The largest absolute Gasteiger partial charge is 0.320 e. The average Bonchev–Trinajstić information content (AvgIpc) is 2.94. The van der Waals surface area contributed by atoms with Crippen molar-refractivity contribution in [1.29, 1.82) is 0 Å². The molecule has 3 rings (SSSR count). The molecule has 1 amide bonds. The van der Waals surface area contributed by atoms with E-state index >= 15 is 0 Å². The minimum absolute atomic E-state index is 0.114. The Morgan fingerprint density at radius 3 is 2.95 bits per heavy atom. The lowest BCUT2D eigenvalue weighted by Gasteiger charge is -2.04. The van der Waals surface area contributed by atoms with Crippen molar-refractivity contribution in [1.82, 2.24) is 4.98 Å². The van der Waals surface area contributed by atoms with E-state index in [4.69, 9.17) is 11.6 Å². The molecule has 6 heteroatoms. The predicted molar refractivity (Wildman–Crippen MR) is 81.6 cm³/mol. The first kappa shape index (κ1) is 12.6. The van der Waals surface area contributed by atoms with Crippen molar-refractivity contribution in [3.05, 3.63) is 45.4 Å². The minimum Gasteiger partial charge on any atom is -0.320 e. The lowest BCUT2D eigenvalue weighted by atomic mass is 10.3. The maximum absolute atomic E-state index is 12.1. The molecular weight excluding hydrogens is 300 g/mol. The second-order valence-corrected chi connectivity index (χ2v) is 6.44. The van der Waals surface area contributed by atoms with Crippen LogP contribution in [0.1, 0.15) is 15.2 Å². The zero-order valence-electron chi connectivity index (χ0n) is 9.94. The summed E-state index contributed by atoms with van der Waals surface area (Å²) in [6, 6.07) is 5.74. The monoisotopic (exact) mass is 308 g/mol. The molecule has 3 aromatic heterocycles. The number of halogens is 1. The molecular formula is C13H9ClN2OS2. The zero-order chi connectivity index (χ0) is 13.4. The van der Waals surface area contributed by atoms with E-state index in [1.54, 1.807) is 17.5 Å². The highest BCUT2D eigenvalue weighted by Gasteiger charge is 2.11. The number of pyridine rings is 1. The Balaban J connectivity index is 1.84. The van der Waals surface area contributed by atoms with Crippen LogP contribution in [0.15, 0.2) is 29.8 Å². The van der Waals surface area contributed by atoms with Crippen molar-refractivity contribution in [2.45, 2.75) is 6.92 Å². The summed E-state index contributed by atoms with van der Waals surface area (Å²) in [6.07, 6.45) is 1.56. The van der Waals surface area contributed by atoms with Gasteiger partial charge in [-0.3, -0.25) is 4.79 Å². The lowest BCUT2D eigenvalue weighted by Crippen LogP contribution is -2.10. The van der Waals surface area contributed by atoms with E-state index in [-0.39, 0.29) is 5.91 Å². The summed E-state index contributed by atoms with van der Waals surface area (Å²) in [4.78, 5) is 16.8. The van der Waals surface area contributed by atoms with Crippen molar-refractivity contribution >= 4 is 55.3 Å². The van der Waals surface area contributed by atoms with Crippen LogP contribution in [0.3, 0.4) is 0 Å². The molecule has 3 aromatic rings. The van der Waals surface area contributed by atoms with Crippen LogP contribution < -0.4 is 5.32 Å². The van der Waals surface area contributed by atoms with E-state index in [0.29, 0.717) is 15.7 Å². The lowest BCUT2D eigenvalue weighted by molar-refractivity contribution is 0.103. The number of amides is 1. The van der Waals surface area contributed by atoms with Crippen LogP contribution in [-0.2, 0) is 0 Å². The van der Waals surface area contributed by atoms with Crippen LogP contribution in [0.5, 0.6) is 0 Å². The number of rotatable bonds is 2. The molecule has 19 heavy (non-hydrogen) atoms. The van der Waals surface area contributed by atoms with Crippen molar-refractivity contribution in [2.24, 2.45) is 0 Å². The topological polar surface area (TPSA) is 42.0 Å². The number of nitrogens with one attached hydrogen (secondary N) is 1. The predicted octanol–water partition coefficient (Wildman–Crippen LogP) is 4.57. The van der Waals surface area contributed by atoms with Gasteiger partial charge in [0, 0.05) is 9.40 Å². The van der Waals surface area contributed by atoms with Crippen LogP contribution in [0.4, 0.5) is 5.69 Å². The van der Waals surface area contributed by atoms with Gasteiger partial charge in [0.05, 0.1) is 16.8 Å². The average molecular weight is 309 g/mol. The third-order valence-corrected chi connectivity index (χ3v) is 5.12. The molecule has 0 aromatic carbocycles. The van der Waals surface area contributed by atoms with Gasteiger partial charge in [0.2, 0.25) is 0 Å². The summed E-state index contributed by atoms with van der Waals surface area (Å²) in [5, 5.41) is 5.31. The van der Waals surface area contributed by atoms with Crippen molar-refractivity contribution in [2.75, 3.05) is 5.32 Å². The maximum Gasteiger partial charge on any atom is 0.265 e. The number of aromatic nitrogens is 1. The van der Waals surface area contributed by atoms with Crippen LogP contribution in [-0.4, -0.2) is 10.9 Å². The van der Waals surface area contributed by atoms with Gasteiger partial charge in [-0.15, -0.1) is 22.7 Å². The molecule has 1 N–H and O–H groups in total. The van der Waals surface area contributed by atoms with E-state index < -0.39 is 0 Å². The Kier molecular flexibility index (Phi) is 3.26. The summed E-state index contributed by atoms with van der Waals surface area (Å²) in [7, 11) is 0. The number of hydrogen-bond acceptors (Lipinski definition) is 4. The molecule has 0 aliphatic heterocycles. The fraction of sp³-hybridized carbons (Fsp3) is 0.0769. The third kappa shape index (κ3) is 2.49. The molecule has 0 spiro atoms. The molecule has 3 heterocycles. The summed E-state index contributed by atoms with van der Waals surface area (Å²) >= 11 is 8.98. The van der Waals surface area contributed by atoms with Gasteiger partial charge in [-0.25, -0.2) is 4.98 Å². The highest BCUT2D eigenvalue weighted by atomic mass is 35.5. The van der Waals surface area contributed by atoms with E-state index in [1.807, 2.05) is 30.5 Å². The Morgan fingerprint density at radius 1 is 1.37 bits per heavy atom. The molecule has 96 valence electrons. The van der Waals surface area contributed by atoms with Crippen LogP contribution in [0.25, 0.3) is 9.40 Å². The molecule has 0 aliphatic carbocycles. The van der Waals surface area contributed by atoms with Gasteiger partial charge >= 0.3 is 0 Å². The van der Waals surface area contributed by atoms with Gasteiger partial charge in [0.1, 0.15) is 5.15 Å². The van der Waals surface area contributed by atoms with Gasteiger partial charge in [0.15, 0.2) is 0 Å². The number of carbonyl (C=O) groups excluding carboxylic acids is 1. The molecule has 0 saturated carbocycles. The standard InChI is InChI=1S/C13H9ClN2OS2/c1-7-4-8(6-15-12(7)14)16-13(17)11-5-10-9(19-11)2-3-18-10/h2-6H,1H3,(H,16,17). The second-order valence-electron chi connectivity index (χ2n) is 4.05. The minimum atomic E-state index is -0.114. The smallest absolute Gasteiger partial charge is 0.265 e. The Labute approximate surface area is 122 Å². The first-order valence-corrected chi connectivity index (χ1v) is 7.61. The summed E-state index contributed by atoms with van der Waals surface area (Å²) in [6.45, 7) is 1.85. The van der Waals surface area contributed by atoms with E-state index in [9.17, 15) is 4.79 Å². The first-order chi connectivity index (χ1) is 9.13. The number of thiophene rings is 2. The highest BCUT2D eigenvalue weighted by Crippen LogP contribution is 2.30. The van der Waals surface area contributed by atoms with E-state index in [0.717, 1.165) is 15.0 Å². The van der Waals surface area contributed by atoms with Gasteiger partial charge < -0.3 is 5.32 Å². The van der Waals surface area contributed by atoms with Crippen LogP contribution in [0, 0.1) is 6.92 Å². The molecule has 0 atom stereocenters. The molecule has 0 saturated heterocycles. The summed E-state index contributed by atoms with van der Waals surface area (Å²) in [5.41, 5.74) is 1.50. The third-order valence-electron chi connectivity index (χ3n) is 2.64. The first-order valence-electron chi connectivity index (χ1n) is 5.54. The molecule has 0 aliphatic rings. The van der Waals surface area contributed by atoms with Crippen molar-refractivity contribution < 1.29 is 4.79 Å². The maximum atomic E-state index is 12.1. The van der Waals surface area contributed by atoms with Gasteiger partial charge in [-0.2, -0.15) is 0 Å². The fourth-order valence-corrected chi connectivity index (χ4v) is 3.80. The number of carbonyl (C=O) groups is 1. The number of hydrogen-bond donors (Lipinski definition) is 1. The number of fused-ring (bicyclic) bond motifs is 1.